The molecule has 0 unspecified atom stereocenters. The fourth-order valence-electron chi connectivity index (χ4n) is 1.75. The molecule has 1 heterocycles. The SMILES string of the molecule is CCCNCc1cc(Cl)ccc1-n1cc(I)cn1. The minimum absolute atomic E-state index is 0.758. The molecule has 0 radical (unpaired) electrons. The average Bonchev–Trinajstić information content (AvgIpc) is 2.76. The summed E-state index contributed by atoms with van der Waals surface area (Å²) in [5, 5.41) is 8.50. The Morgan fingerprint density at radius 1 is 1.44 bits per heavy atom. The first-order chi connectivity index (χ1) is 8.70. The normalized spacial score (nSPS) is 10.8. The Kier molecular flexibility index (Phi) is 5.03. The van der Waals surface area contributed by atoms with Gasteiger partial charge in [-0.05, 0) is 59.3 Å². The summed E-state index contributed by atoms with van der Waals surface area (Å²) in [6.07, 6.45) is 4.97. The number of nitrogens with zero attached hydrogens (tertiary/aromatic N) is 2. The van der Waals surface area contributed by atoms with Gasteiger partial charge in [0.2, 0.25) is 0 Å². The molecule has 0 atom stereocenters. The largest absolute Gasteiger partial charge is 0.313 e. The number of benzene rings is 1. The second kappa shape index (κ2) is 6.54. The molecule has 0 aliphatic heterocycles. The van der Waals surface area contributed by atoms with Gasteiger partial charge in [0.15, 0.2) is 0 Å². The fourth-order valence-corrected chi connectivity index (χ4v) is 2.33. The van der Waals surface area contributed by atoms with Crippen molar-refractivity contribution < 1.29 is 0 Å². The van der Waals surface area contributed by atoms with Gasteiger partial charge in [-0.15, -0.1) is 0 Å². The summed E-state index contributed by atoms with van der Waals surface area (Å²) in [7, 11) is 0. The molecule has 2 aromatic rings. The zero-order valence-corrected chi connectivity index (χ0v) is 13.1. The maximum atomic E-state index is 6.06. The molecule has 0 aliphatic rings. The van der Waals surface area contributed by atoms with Crippen molar-refractivity contribution in [1.82, 2.24) is 15.1 Å². The van der Waals surface area contributed by atoms with Crippen molar-refractivity contribution >= 4 is 34.2 Å². The molecule has 1 aromatic carbocycles. The van der Waals surface area contributed by atoms with Crippen LogP contribution in [-0.4, -0.2) is 16.3 Å². The zero-order valence-electron chi connectivity index (χ0n) is 10.2. The van der Waals surface area contributed by atoms with Crippen molar-refractivity contribution in [3.8, 4) is 5.69 Å². The third-order valence-corrected chi connectivity index (χ3v) is 3.37. The quantitative estimate of drug-likeness (QED) is 0.639. The molecular formula is C13H15ClIN3. The van der Waals surface area contributed by atoms with E-state index in [0.29, 0.717) is 0 Å². The van der Waals surface area contributed by atoms with Gasteiger partial charge in [0, 0.05) is 17.8 Å². The lowest BCUT2D eigenvalue weighted by atomic mass is 10.1. The van der Waals surface area contributed by atoms with Crippen LogP contribution in [0.15, 0.2) is 30.6 Å². The molecule has 0 spiro atoms. The summed E-state index contributed by atoms with van der Waals surface area (Å²) in [5.41, 5.74) is 2.24. The zero-order chi connectivity index (χ0) is 13.0. The molecule has 3 nitrogen and oxygen atoms in total. The first-order valence-corrected chi connectivity index (χ1v) is 7.36. The van der Waals surface area contributed by atoms with Crippen molar-refractivity contribution in [3.05, 3.63) is 44.7 Å². The second-order valence-corrected chi connectivity index (χ2v) is 5.74. The summed E-state index contributed by atoms with van der Waals surface area (Å²) in [6, 6.07) is 5.90. The summed E-state index contributed by atoms with van der Waals surface area (Å²) in [4.78, 5) is 0. The summed E-state index contributed by atoms with van der Waals surface area (Å²) in [6.45, 7) is 3.96. The molecule has 96 valence electrons. The van der Waals surface area contributed by atoms with Crippen LogP contribution in [0.25, 0.3) is 5.69 Å². The molecule has 0 bridgehead atoms. The van der Waals surface area contributed by atoms with E-state index >= 15 is 0 Å². The standard InChI is InChI=1S/C13H15ClIN3/c1-2-5-16-7-10-6-11(14)3-4-13(10)18-9-12(15)8-17-18/h3-4,6,8-9,16H,2,5,7H2,1H3. The highest BCUT2D eigenvalue weighted by Crippen LogP contribution is 2.20. The van der Waals surface area contributed by atoms with Crippen LogP contribution in [0.4, 0.5) is 0 Å². The van der Waals surface area contributed by atoms with Crippen LogP contribution in [-0.2, 0) is 6.54 Å². The molecule has 1 N–H and O–H groups in total. The molecular weight excluding hydrogens is 361 g/mol. The Hall–Kier alpha value is -0.590. The molecule has 5 heteroatoms. The molecule has 0 saturated carbocycles. The number of rotatable bonds is 5. The van der Waals surface area contributed by atoms with Crippen molar-refractivity contribution in [2.45, 2.75) is 19.9 Å². The van der Waals surface area contributed by atoms with E-state index < -0.39 is 0 Å². The van der Waals surface area contributed by atoms with E-state index in [9.17, 15) is 0 Å². The van der Waals surface area contributed by atoms with E-state index in [1.54, 1.807) is 0 Å². The molecule has 1 aromatic heterocycles. The van der Waals surface area contributed by atoms with Gasteiger partial charge in [-0.1, -0.05) is 18.5 Å². The lowest BCUT2D eigenvalue weighted by molar-refractivity contribution is 0.670. The van der Waals surface area contributed by atoms with Crippen molar-refractivity contribution in [1.29, 1.82) is 0 Å². The lowest BCUT2D eigenvalue weighted by Gasteiger charge is -2.11. The van der Waals surface area contributed by atoms with Gasteiger partial charge in [0.05, 0.1) is 15.5 Å². The number of aromatic nitrogens is 2. The fraction of sp³-hybridized carbons (Fsp3) is 0.308. The maximum absolute atomic E-state index is 6.06. The predicted octanol–water partition coefficient (Wildman–Crippen LogP) is 3.63. The lowest BCUT2D eigenvalue weighted by Crippen LogP contribution is -2.15. The van der Waals surface area contributed by atoms with Crippen LogP contribution in [0.2, 0.25) is 5.02 Å². The highest BCUT2D eigenvalue weighted by molar-refractivity contribution is 14.1. The minimum Gasteiger partial charge on any atom is -0.313 e. The number of hydrogen-bond acceptors (Lipinski definition) is 2. The molecule has 0 aliphatic carbocycles. The van der Waals surface area contributed by atoms with Gasteiger partial charge in [-0.2, -0.15) is 5.10 Å². The van der Waals surface area contributed by atoms with Gasteiger partial charge in [-0.25, -0.2) is 4.68 Å². The van der Waals surface area contributed by atoms with Gasteiger partial charge >= 0.3 is 0 Å². The Morgan fingerprint density at radius 2 is 2.28 bits per heavy atom. The third-order valence-electron chi connectivity index (χ3n) is 2.58. The molecule has 18 heavy (non-hydrogen) atoms. The van der Waals surface area contributed by atoms with E-state index in [1.807, 2.05) is 35.3 Å². The van der Waals surface area contributed by atoms with Gasteiger partial charge in [0.1, 0.15) is 0 Å². The van der Waals surface area contributed by atoms with Crippen molar-refractivity contribution in [2.24, 2.45) is 0 Å². The Morgan fingerprint density at radius 3 is 2.94 bits per heavy atom. The molecule has 0 amide bonds. The molecule has 0 fully saturated rings. The topological polar surface area (TPSA) is 29.9 Å². The van der Waals surface area contributed by atoms with E-state index in [2.05, 4.69) is 39.9 Å². The van der Waals surface area contributed by atoms with E-state index in [-0.39, 0.29) is 0 Å². The Labute approximate surface area is 126 Å². The number of hydrogen-bond donors (Lipinski definition) is 1. The van der Waals surface area contributed by atoms with E-state index in [4.69, 9.17) is 11.6 Å². The second-order valence-electron chi connectivity index (χ2n) is 4.05. The van der Waals surface area contributed by atoms with Crippen molar-refractivity contribution in [3.63, 3.8) is 0 Å². The van der Waals surface area contributed by atoms with Crippen LogP contribution in [0.1, 0.15) is 18.9 Å². The first-order valence-electron chi connectivity index (χ1n) is 5.90. The van der Waals surface area contributed by atoms with E-state index in [1.165, 1.54) is 0 Å². The van der Waals surface area contributed by atoms with Crippen LogP contribution in [0.5, 0.6) is 0 Å². The smallest absolute Gasteiger partial charge is 0.0691 e. The summed E-state index contributed by atoms with van der Waals surface area (Å²) < 4.78 is 3.01. The van der Waals surface area contributed by atoms with Crippen LogP contribution in [0.3, 0.4) is 0 Å². The summed E-state index contributed by atoms with van der Waals surface area (Å²) >= 11 is 8.32. The van der Waals surface area contributed by atoms with Gasteiger partial charge < -0.3 is 5.32 Å². The highest BCUT2D eigenvalue weighted by atomic mass is 127. The Balaban J connectivity index is 2.28. The van der Waals surface area contributed by atoms with Crippen LogP contribution < -0.4 is 5.32 Å². The molecule has 2 rings (SSSR count). The van der Waals surface area contributed by atoms with Crippen LogP contribution >= 0.6 is 34.2 Å². The van der Waals surface area contributed by atoms with Gasteiger partial charge in [-0.3, -0.25) is 0 Å². The summed E-state index contributed by atoms with van der Waals surface area (Å²) in [5.74, 6) is 0. The number of nitrogens with one attached hydrogen (secondary N) is 1. The monoisotopic (exact) mass is 375 g/mol. The highest BCUT2D eigenvalue weighted by Gasteiger charge is 2.06. The van der Waals surface area contributed by atoms with Crippen molar-refractivity contribution in [2.75, 3.05) is 6.54 Å². The van der Waals surface area contributed by atoms with Crippen LogP contribution in [0, 0.1) is 3.57 Å². The minimum atomic E-state index is 0.758. The number of halogens is 2. The first kappa shape index (κ1) is 13.8. The Bertz CT molecular complexity index is 525. The van der Waals surface area contributed by atoms with Gasteiger partial charge in [0.25, 0.3) is 0 Å². The molecule has 0 saturated heterocycles. The van der Waals surface area contributed by atoms with E-state index in [0.717, 1.165) is 39.4 Å². The third kappa shape index (κ3) is 3.46. The predicted molar refractivity (Wildman–Crippen MR) is 83.3 cm³/mol. The maximum Gasteiger partial charge on any atom is 0.0691 e. The average molecular weight is 376 g/mol.